The van der Waals surface area contributed by atoms with Crippen molar-refractivity contribution in [3.05, 3.63) is 23.2 Å². The van der Waals surface area contributed by atoms with E-state index in [-0.39, 0.29) is 0 Å². The second-order valence-corrected chi connectivity index (χ2v) is 6.33. The van der Waals surface area contributed by atoms with Gasteiger partial charge in [-0.1, -0.05) is 11.6 Å². The van der Waals surface area contributed by atoms with Crippen LogP contribution in [0.15, 0.2) is 18.2 Å². The summed E-state index contributed by atoms with van der Waals surface area (Å²) in [6.07, 6.45) is 6.40. The lowest BCUT2D eigenvalue weighted by atomic mass is 9.81. The number of halogens is 1. The average molecular weight is 295 g/mol. The summed E-state index contributed by atoms with van der Waals surface area (Å²) in [6.45, 7) is 0. The second kappa shape index (κ2) is 5.82. The standard InChI is InChI=1S/C16H23ClN2O/c1-18-11-8-12-4-3-5-13(9-11)19(12)14-6-7-16(20-2)15(17)10-14/h6-7,10-13,18H,3-5,8-9H2,1-2H3. The Labute approximate surface area is 126 Å². The third-order valence-corrected chi connectivity index (χ3v) is 5.11. The average Bonchev–Trinajstić information content (AvgIpc) is 2.45. The number of ether oxygens (including phenoxy) is 1. The molecule has 3 rings (SSSR count). The molecule has 0 aliphatic carbocycles. The fourth-order valence-corrected chi connectivity index (χ4v) is 4.11. The molecular weight excluding hydrogens is 272 g/mol. The molecule has 110 valence electrons. The van der Waals surface area contributed by atoms with Crippen LogP contribution in [-0.4, -0.2) is 32.3 Å². The number of piperidine rings is 2. The van der Waals surface area contributed by atoms with Crippen molar-refractivity contribution >= 4 is 17.3 Å². The number of fused-ring (bicyclic) bond motifs is 2. The lowest BCUT2D eigenvalue weighted by Gasteiger charge is -2.50. The number of methoxy groups -OCH3 is 1. The Bertz CT molecular complexity index is 466. The molecule has 0 aromatic heterocycles. The number of hydrogen-bond donors (Lipinski definition) is 1. The summed E-state index contributed by atoms with van der Waals surface area (Å²) in [5.74, 6) is 0.755. The van der Waals surface area contributed by atoms with Crippen LogP contribution >= 0.6 is 11.6 Å². The molecule has 2 fully saturated rings. The van der Waals surface area contributed by atoms with Crippen molar-refractivity contribution in [1.82, 2.24) is 5.32 Å². The van der Waals surface area contributed by atoms with E-state index >= 15 is 0 Å². The summed E-state index contributed by atoms with van der Waals surface area (Å²) >= 11 is 6.30. The van der Waals surface area contributed by atoms with Crippen molar-refractivity contribution in [2.75, 3.05) is 19.1 Å². The Balaban J connectivity index is 1.87. The number of nitrogens with zero attached hydrogens (tertiary/aromatic N) is 1. The van der Waals surface area contributed by atoms with Gasteiger partial charge in [0.1, 0.15) is 5.75 Å². The summed E-state index contributed by atoms with van der Waals surface area (Å²) in [5.41, 5.74) is 1.25. The predicted octanol–water partition coefficient (Wildman–Crippen LogP) is 3.46. The fourth-order valence-electron chi connectivity index (χ4n) is 3.85. The van der Waals surface area contributed by atoms with E-state index < -0.39 is 0 Å². The highest BCUT2D eigenvalue weighted by atomic mass is 35.5. The van der Waals surface area contributed by atoms with Crippen molar-refractivity contribution in [3.63, 3.8) is 0 Å². The number of anilines is 1. The molecule has 4 heteroatoms. The van der Waals surface area contributed by atoms with Gasteiger partial charge in [0, 0.05) is 23.8 Å². The van der Waals surface area contributed by atoms with Crippen LogP contribution in [0, 0.1) is 0 Å². The molecule has 1 aromatic rings. The Hall–Kier alpha value is -0.930. The van der Waals surface area contributed by atoms with Gasteiger partial charge in [-0.15, -0.1) is 0 Å². The first-order valence-corrected chi connectivity index (χ1v) is 7.90. The van der Waals surface area contributed by atoms with E-state index in [1.165, 1.54) is 37.8 Å². The zero-order chi connectivity index (χ0) is 14.1. The predicted molar refractivity (Wildman–Crippen MR) is 84.0 cm³/mol. The van der Waals surface area contributed by atoms with Crippen LogP contribution in [0.2, 0.25) is 5.02 Å². The van der Waals surface area contributed by atoms with E-state index in [2.05, 4.69) is 29.4 Å². The molecular formula is C16H23ClN2O. The first-order chi connectivity index (χ1) is 9.72. The second-order valence-electron chi connectivity index (χ2n) is 5.92. The Morgan fingerprint density at radius 3 is 2.50 bits per heavy atom. The third-order valence-electron chi connectivity index (χ3n) is 4.82. The minimum absolute atomic E-state index is 0.643. The van der Waals surface area contributed by atoms with Gasteiger partial charge in [-0.2, -0.15) is 0 Å². The van der Waals surface area contributed by atoms with Gasteiger partial charge in [0.25, 0.3) is 0 Å². The van der Waals surface area contributed by atoms with E-state index in [1.54, 1.807) is 7.11 Å². The van der Waals surface area contributed by atoms with Crippen molar-refractivity contribution in [1.29, 1.82) is 0 Å². The van der Waals surface area contributed by atoms with Gasteiger partial charge in [-0.05, 0) is 57.4 Å². The van der Waals surface area contributed by atoms with E-state index in [1.807, 2.05) is 6.07 Å². The fraction of sp³-hybridized carbons (Fsp3) is 0.625. The lowest BCUT2D eigenvalue weighted by molar-refractivity contribution is 0.252. The highest BCUT2D eigenvalue weighted by molar-refractivity contribution is 6.32. The van der Waals surface area contributed by atoms with Crippen LogP contribution in [0.3, 0.4) is 0 Å². The van der Waals surface area contributed by atoms with Gasteiger partial charge in [0.05, 0.1) is 12.1 Å². The molecule has 2 bridgehead atoms. The van der Waals surface area contributed by atoms with Gasteiger partial charge in [0.2, 0.25) is 0 Å². The minimum Gasteiger partial charge on any atom is -0.495 e. The number of nitrogens with one attached hydrogen (secondary N) is 1. The van der Waals surface area contributed by atoms with E-state index in [0.29, 0.717) is 23.1 Å². The molecule has 0 radical (unpaired) electrons. The summed E-state index contributed by atoms with van der Waals surface area (Å²) in [4.78, 5) is 2.60. The van der Waals surface area contributed by atoms with Gasteiger partial charge in [0.15, 0.2) is 0 Å². The molecule has 0 spiro atoms. The number of hydrogen-bond acceptors (Lipinski definition) is 3. The van der Waals surface area contributed by atoms with Crippen molar-refractivity contribution in [2.45, 2.75) is 50.2 Å². The minimum atomic E-state index is 0.643. The Morgan fingerprint density at radius 1 is 1.25 bits per heavy atom. The third kappa shape index (κ3) is 2.49. The lowest BCUT2D eigenvalue weighted by Crippen LogP contribution is -2.56. The highest BCUT2D eigenvalue weighted by Gasteiger charge is 2.37. The molecule has 1 aromatic carbocycles. The largest absolute Gasteiger partial charge is 0.495 e. The molecule has 20 heavy (non-hydrogen) atoms. The van der Waals surface area contributed by atoms with Gasteiger partial charge >= 0.3 is 0 Å². The maximum atomic E-state index is 6.30. The van der Waals surface area contributed by atoms with Gasteiger partial charge in [-0.3, -0.25) is 0 Å². The van der Waals surface area contributed by atoms with Crippen LogP contribution < -0.4 is 15.0 Å². The maximum absolute atomic E-state index is 6.30. The molecule has 1 N–H and O–H groups in total. The normalized spacial score (nSPS) is 29.4. The summed E-state index contributed by atoms with van der Waals surface area (Å²) in [7, 11) is 3.74. The van der Waals surface area contributed by atoms with E-state index in [9.17, 15) is 0 Å². The molecule has 2 aliphatic rings. The van der Waals surface area contributed by atoms with E-state index in [4.69, 9.17) is 16.3 Å². The monoisotopic (exact) mass is 294 g/mol. The van der Waals surface area contributed by atoms with Crippen LogP contribution in [0.4, 0.5) is 5.69 Å². The van der Waals surface area contributed by atoms with Crippen LogP contribution in [0.1, 0.15) is 32.1 Å². The molecule has 0 saturated carbocycles. The van der Waals surface area contributed by atoms with Crippen LogP contribution in [0.25, 0.3) is 0 Å². The number of benzene rings is 1. The Morgan fingerprint density at radius 2 is 1.95 bits per heavy atom. The summed E-state index contributed by atoms with van der Waals surface area (Å²) in [5, 5.41) is 4.17. The molecule has 2 aliphatic heterocycles. The number of rotatable bonds is 3. The zero-order valence-corrected chi connectivity index (χ0v) is 13.0. The van der Waals surface area contributed by atoms with Crippen LogP contribution in [0.5, 0.6) is 5.75 Å². The van der Waals surface area contributed by atoms with Crippen LogP contribution in [-0.2, 0) is 0 Å². The topological polar surface area (TPSA) is 24.5 Å². The molecule has 2 saturated heterocycles. The SMILES string of the molecule is CNC1CC2CCCC(C1)N2c1ccc(OC)c(Cl)c1. The zero-order valence-electron chi connectivity index (χ0n) is 12.2. The molecule has 0 amide bonds. The van der Waals surface area contributed by atoms with Crippen molar-refractivity contribution < 1.29 is 4.74 Å². The smallest absolute Gasteiger partial charge is 0.137 e. The quantitative estimate of drug-likeness (QED) is 0.924. The highest BCUT2D eigenvalue weighted by Crippen LogP contribution is 2.39. The Kier molecular flexibility index (Phi) is 4.08. The first-order valence-electron chi connectivity index (χ1n) is 7.52. The maximum Gasteiger partial charge on any atom is 0.137 e. The van der Waals surface area contributed by atoms with Crippen molar-refractivity contribution in [3.8, 4) is 5.75 Å². The summed E-state index contributed by atoms with van der Waals surface area (Å²) < 4.78 is 5.26. The van der Waals surface area contributed by atoms with Gasteiger partial charge < -0.3 is 15.0 Å². The van der Waals surface area contributed by atoms with E-state index in [0.717, 1.165) is 5.75 Å². The molecule has 2 atom stereocenters. The molecule has 2 heterocycles. The van der Waals surface area contributed by atoms with Gasteiger partial charge in [-0.25, -0.2) is 0 Å². The van der Waals surface area contributed by atoms with Crippen molar-refractivity contribution in [2.24, 2.45) is 0 Å². The molecule has 3 nitrogen and oxygen atoms in total. The molecule has 2 unspecified atom stereocenters. The first kappa shape index (κ1) is 14.0. The summed E-state index contributed by atoms with van der Waals surface area (Å²) in [6, 6.07) is 8.14.